The maximum atomic E-state index is 14.4. The van der Waals surface area contributed by atoms with Gasteiger partial charge in [-0.05, 0) is 54.3 Å². The van der Waals surface area contributed by atoms with Crippen LogP contribution in [0.1, 0.15) is 36.5 Å². The molecule has 2 amide bonds. The van der Waals surface area contributed by atoms with Crippen molar-refractivity contribution in [2.45, 2.75) is 50.6 Å². The van der Waals surface area contributed by atoms with Gasteiger partial charge in [0, 0.05) is 19.5 Å². The van der Waals surface area contributed by atoms with Gasteiger partial charge in [0.05, 0.1) is 10.6 Å². The monoisotopic (exact) mass is 597 g/mol. The molecule has 0 spiro atoms. The van der Waals surface area contributed by atoms with Gasteiger partial charge in [-0.3, -0.25) is 13.9 Å². The van der Waals surface area contributed by atoms with Gasteiger partial charge in [0.15, 0.2) is 0 Å². The van der Waals surface area contributed by atoms with Crippen LogP contribution in [0.5, 0.6) is 0 Å². The van der Waals surface area contributed by atoms with Crippen molar-refractivity contribution in [2.24, 2.45) is 0 Å². The fourth-order valence-corrected chi connectivity index (χ4v) is 6.30. The molecule has 1 unspecified atom stereocenters. The van der Waals surface area contributed by atoms with Gasteiger partial charge in [-0.15, -0.1) is 0 Å². The first-order chi connectivity index (χ1) is 20.8. The van der Waals surface area contributed by atoms with Crippen LogP contribution in [-0.4, -0.2) is 44.3 Å². The summed E-state index contributed by atoms with van der Waals surface area (Å²) in [5.74, 6) is -0.744. The maximum absolute atomic E-state index is 14.4. The Labute approximate surface area is 255 Å². The van der Waals surface area contributed by atoms with E-state index < -0.39 is 28.5 Å². The molecule has 43 heavy (non-hydrogen) atoms. The average molecular weight is 598 g/mol. The molecule has 1 N–H and O–H groups in total. The summed E-state index contributed by atoms with van der Waals surface area (Å²) in [5, 5.41) is 3.01. The lowest BCUT2D eigenvalue weighted by Gasteiger charge is -2.34. The standard InChI is InChI=1S/C35H39N3O4S/c1-3-4-23-36-35(40)33(25-29-16-8-5-9-17-29)37(26-30-18-10-6-11-19-30)34(39)27-38(31-20-14-15-28(2)24-31)43(41,42)32-21-12-7-13-22-32/h5-22,24,33H,3-4,23,25-27H2,1-2H3,(H,36,40). The molecule has 0 bridgehead atoms. The number of sulfonamides is 1. The quantitative estimate of drug-likeness (QED) is 0.188. The SMILES string of the molecule is CCCCNC(=O)C(Cc1ccccc1)N(Cc1ccccc1)C(=O)CN(c1cccc(C)c1)S(=O)(=O)c1ccccc1. The molecule has 0 aliphatic rings. The highest BCUT2D eigenvalue weighted by atomic mass is 32.2. The van der Waals surface area contributed by atoms with Crippen molar-refractivity contribution in [2.75, 3.05) is 17.4 Å². The van der Waals surface area contributed by atoms with Gasteiger partial charge in [-0.1, -0.05) is 104 Å². The molecular weight excluding hydrogens is 558 g/mol. The van der Waals surface area contributed by atoms with Crippen LogP contribution in [0.4, 0.5) is 5.69 Å². The summed E-state index contributed by atoms with van der Waals surface area (Å²) in [5.41, 5.74) is 2.97. The molecule has 4 aromatic carbocycles. The molecule has 0 saturated heterocycles. The van der Waals surface area contributed by atoms with E-state index in [1.807, 2.05) is 80.6 Å². The summed E-state index contributed by atoms with van der Waals surface area (Å²) in [6.07, 6.45) is 2.01. The minimum absolute atomic E-state index is 0.0806. The molecule has 1 atom stereocenters. The highest BCUT2D eigenvalue weighted by Gasteiger charge is 2.34. The van der Waals surface area contributed by atoms with Crippen molar-refractivity contribution >= 4 is 27.5 Å². The molecule has 4 aromatic rings. The van der Waals surface area contributed by atoms with E-state index in [2.05, 4.69) is 5.32 Å². The Morgan fingerprint density at radius 3 is 2.00 bits per heavy atom. The Morgan fingerprint density at radius 1 is 0.791 bits per heavy atom. The number of amides is 2. The van der Waals surface area contributed by atoms with Gasteiger partial charge in [-0.2, -0.15) is 0 Å². The van der Waals surface area contributed by atoms with Crippen molar-refractivity contribution in [3.63, 3.8) is 0 Å². The third kappa shape index (κ3) is 8.55. The topological polar surface area (TPSA) is 86.8 Å². The van der Waals surface area contributed by atoms with E-state index in [0.29, 0.717) is 12.2 Å². The number of carbonyl (C=O) groups excluding carboxylic acids is 2. The molecule has 0 heterocycles. The minimum Gasteiger partial charge on any atom is -0.354 e. The third-order valence-corrected chi connectivity index (χ3v) is 8.98. The van der Waals surface area contributed by atoms with Gasteiger partial charge in [-0.25, -0.2) is 8.42 Å². The lowest BCUT2D eigenvalue weighted by Crippen LogP contribution is -2.53. The maximum Gasteiger partial charge on any atom is 0.264 e. The van der Waals surface area contributed by atoms with E-state index in [1.165, 1.54) is 17.0 Å². The smallest absolute Gasteiger partial charge is 0.264 e. The number of hydrogen-bond acceptors (Lipinski definition) is 4. The van der Waals surface area contributed by atoms with E-state index in [0.717, 1.165) is 33.8 Å². The zero-order chi connectivity index (χ0) is 30.7. The van der Waals surface area contributed by atoms with Crippen molar-refractivity contribution in [3.8, 4) is 0 Å². The highest BCUT2D eigenvalue weighted by molar-refractivity contribution is 7.92. The van der Waals surface area contributed by atoms with Crippen LogP contribution in [0.3, 0.4) is 0 Å². The number of carbonyl (C=O) groups is 2. The van der Waals surface area contributed by atoms with Gasteiger partial charge in [0.25, 0.3) is 10.0 Å². The molecule has 0 aliphatic carbocycles. The fraction of sp³-hybridized carbons (Fsp3) is 0.257. The predicted molar refractivity (Wildman–Crippen MR) is 171 cm³/mol. The first-order valence-electron chi connectivity index (χ1n) is 14.6. The number of aryl methyl sites for hydroxylation is 1. The number of rotatable bonds is 14. The molecule has 0 aromatic heterocycles. The van der Waals surface area contributed by atoms with E-state index in [1.54, 1.807) is 36.4 Å². The molecule has 4 rings (SSSR count). The van der Waals surface area contributed by atoms with Crippen LogP contribution in [-0.2, 0) is 32.6 Å². The van der Waals surface area contributed by atoms with Crippen LogP contribution in [0.15, 0.2) is 120 Å². The first-order valence-corrected chi connectivity index (χ1v) is 16.0. The lowest BCUT2D eigenvalue weighted by molar-refractivity contribution is -0.140. The number of nitrogens with one attached hydrogen (secondary N) is 1. The second kappa shape index (κ2) is 15.2. The lowest BCUT2D eigenvalue weighted by atomic mass is 10.0. The van der Waals surface area contributed by atoms with Crippen LogP contribution < -0.4 is 9.62 Å². The number of unbranched alkanes of at least 4 members (excludes halogenated alkanes) is 1. The van der Waals surface area contributed by atoms with E-state index in [9.17, 15) is 18.0 Å². The van der Waals surface area contributed by atoms with E-state index >= 15 is 0 Å². The second-order valence-electron chi connectivity index (χ2n) is 10.5. The molecule has 224 valence electrons. The highest BCUT2D eigenvalue weighted by Crippen LogP contribution is 2.25. The number of hydrogen-bond donors (Lipinski definition) is 1. The second-order valence-corrected chi connectivity index (χ2v) is 12.4. The van der Waals surface area contributed by atoms with Crippen LogP contribution >= 0.6 is 0 Å². The molecule has 7 nitrogen and oxygen atoms in total. The van der Waals surface area contributed by atoms with Crippen molar-refractivity contribution in [3.05, 3.63) is 132 Å². The third-order valence-electron chi connectivity index (χ3n) is 7.20. The fourth-order valence-electron chi connectivity index (χ4n) is 4.87. The van der Waals surface area contributed by atoms with E-state index in [-0.39, 0.29) is 23.8 Å². The van der Waals surface area contributed by atoms with Crippen molar-refractivity contribution in [1.29, 1.82) is 0 Å². The largest absolute Gasteiger partial charge is 0.354 e. The Balaban J connectivity index is 1.77. The predicted octanol–water partition coefficient (Wildman–Crippen LogP) is 5.75. The molecule has 0 radical (unpaired) electrons. The molecule has 8 heteroatoms. The molecule has 0 saturated carbocycles. The van der Waals surface area contributed by atoms with Crippen LogP contribution in [0.25, 0.3) is 0 Å². The van der Waals surface area contributed by atoms with Crippen molar-refractivity contribution < 1.29 is 18.0 Å². The van der Waals surface area contributed by atoms with Gasteiger partial charge in [0.1, 0.15) is 12.6 Å². The summed E-state index contributed by atoms with van der Waals surface area (Å²) in [6, 6.07) is 33.3. The summed E-state index contributed by atoms with van der Waals surface area (Å²) >= 11 is 0. The van der Waals surface area contributed by atoms with Gasteiger partial charge in [0.2, 0.25) is 11.8 Å². The van der Waals surface area contributed by atoms with Gasteiger partial charge >= 0.3 is 0 Å². The Bertz CT molecular complexity index is 1580. The molecule has 0 aliphatic heterocycles. The Kier molecular flexibility index (Phi) is 11.1. The zero-order valence-corrected chi connectivity index (χ0v) is 25.5. The summed E-state index contributed by atoms with van der Waals surface area (Å²) in [7, 11) is -4.11. The number of anilines is 1. The average Bonchev–Trinajstić information content (AvgIpc) is 3.03. The summed E-state index contributed by atoms with van der Waals surface area (Å²) < 4.78 is 29.2. The van der Waals surface area contributed by atoms with Crippen LogP contribution in [0.2, 0.25) is 0 Å². The first kappa shape index (κ1) is 31.5. The minimum atomic E-state index is -4.11. The number of benzene rings is 4. The summed E-state index contributed by atoms with van der Waals surface area (Å²) in [4.78, 5) is 29.7. The van der Waals surface area contributed by atoms with E-state index in [4.69, 9.17) is 0 Å². The summed E-state index contributed by atoms with van der Waals surface area (Å²) in [6.45, 7) is 4.08. The number of nitrogens with zero attached hydrogens (tertiary/aromatic N) is 2. The zero-order valence-electron chi connectivity index (χ0n) is 24.7. The molecule has 0 fully saturated rings. The van der Waals surface area contributed by atoms with Gasteiger partial charge < -0.3 is 10.2 Å². The Hall–Kier alpha value is -4.43. The normalized spacial score (nSPS) is 11.9. The van der Waals surface area contributed by atoms with Crippen LogP contribution in [0, 0.1) is 6.92 Å². The Morgan fingerprint density at radius 2 is 1.40 bits per heavy atom. The molecular formula is C35H39N3O4S. The van der Waals surface area contributed by atoms with Crippen molar-refractivity contribution in [1.82, 2.24) is 10.2 Å².